The molecule has 138 valence electrons. The van der Waals surface area contributed by atoms with Crippen LogP contribution < -0.4 is 9.47 Å². The van der Waals surface area contributed by atoms with Gasteiger partial charge in [0.25, 0.3) is 5.91 Å². The largest absolute Gasteiger partial charge is 0.493 e. The number of rotatable bonds is 6. The van der Waals surface area contributed by atoms with Crippen molar-refractivity contribution in [2.45, 2.75) is 6.10 Å². The maximum atomic E-state index is 12.6. The molecule has 0 aliphatic carbocycles. The van der Waals surface area contributed by atoms with Crippen molar-refractivity contribution in [1.82, 2.24) is 4.90 Å². The Morgan fingerprint density at radius 3 is 2.23 bits per heavy atom. The lowest BCUT2D eigenvalue weighted by Gasteiger charge is -2.21. The Morgan fingerprint density at radius 2 is 1.69 bits per heavy atom. The summed E-state index contributed by atoms with van der Waals surface area (Å²) in [7, 11) is 6.08. The molecule has 0 saturated heterocycles. The molecule has 0 aliphatic heterocycles. The number of carbonyl (C=O) groups is 2. The summed E-state index contributed by atoms with van der Waals surface area (Å²) < 4.78 is 15.8. The summed E-state index contributed by atoms with van der Waals surface area (Å²) in [6.07, 6.45) is -1.06. The zero-order valence-electron chi connectivity index (χ0n) is 15.0. The fourth-order valence-corrected chi connectivity index (χ4v) is 2.62. The maximum Gasteiger partial charge on any atom is 0.339 e. The average Bonchev–Trinajstić information content (AvgIpc) is 2.65. The number of amides is 1. The lowest BCUT2D eigenvalue weighted by molar-refractivity contribution is -0.138. The minimum Gasteiger partial charge on any atom is -0.493 e. The van der Waals surface area contributed by atoms with Crippen LogP contribution in [0.25, 0.3) is 0 Å². The molecule has 0 saturated carbocycles. The molecule has 0 heterocycles. The van der Waals surface area contributed by atoms with Gasteiger partial charge in [0.15, 0.2) is 11.5 Å². The minimum absolute atomic E-state index is 0.153. The SMILES string of the molecule is COc1cc(C(=O)OC(C(=O)N(C)C)c2ccccc2)cc(Cl)c1OC. The molecule has 0 aliphatic rings. The van der Waals surface area contributed by atoms with Crippen molar-refractivity contribution in [1.29, 1.82) is 0 Å². The smallest absolute Gasteiger partial charge is 0.339 e. The first-order chi connectivity index (χ1) is 12.4. The molecule has 6 nitrogen and oxygen atoms in total. The minimum atomic E-state index is -1.06. The van der Waals surface area contributed by atoms with Crippen molar-refractivity contribution < 1.29 is 23.8 Å². The van der Waals surface area contributed by atoms with E-state index >= 15 is 0 Å². The number of benzene rings is 2. The topological polar surface area (TPSA) is 65.1 Å². The number of halogens is 1. The summed E-state index contributed by atoms with van der Waals surface area (Å²) in [4.78, 5) is 26.5. The lowest BCUT2D eigenvalue weighted by Crippen LogP contribution is -2.31. The number of likely N-dealkylation sites (N-methyl/N-ethyl adjacent to an activating group) is 1. The molecule has 0 radical (unpaired) electrons. The van der Waals surface area contributed by atoms with E-state index in [2.05, 4.69) is 0 Å². The summed E-state index contributed by atoms with van der Waals surface area (Å²) in [5.74, 6) is -0.440. The standard InChI is InChI=1S/C19H20ClNO5/c1-21(2)18(22)16(12-8-6-5-7-9-12)26-19(23)13-10-14(20)17(25-4)15(11-13)24-3/h5-11,16H,1-4H3. The number of ether oxygens (including phenoxy) is 3. The van der Waals surface area contributed by atoms with Crippen molar-refractivity contribution >= 4 is 23.5 Å². The van der Waals surface area contributed by atoms with Crippen molar-refractivity contribution in [2.75, 3.05) is 28.3 Å². The van der Waals surface area contributed by atoms with E-state index in [0.29, 0.717) is 17.1 Å². The Bertz CT molecular complexity index is 792. The van der Waals surface area contributed by atoms with E-state index in [9.17, 15) is 9.59 Å². The van der Waals surface area contributed by atoms with E-state index in [-0.39, 0.29) is 16.5 Å². The Kier molecular flexibility index (Phi) is 6.46. The van der Waals surface area contributed by atoms with Gasteiger partial charge in [0, 0.05) is 19.7 Å². The van der Waals surface area contributed by atoms with Crippen LogP contribution in [0, 0.1) is 0 Å². The van der Waals surface area contributed by atoms with E-state index in [1.807, 2.05) is 6.07 Å². The molecule has 0 fully saturated rings. The second-order valence-corrected chi connectivity index (χ2v) is 6.03. The van der Waals surface area contributed by atoms with Gasteiger partial charge in [0.05, 0.1) is 24.8 Å². The van der Waals surface area contributed by atoms with Crippen LogP contribution >= 0.6 is 11.6 Å². The van der Waals surface area contributed by atoms with Gasteiger partial charge in [-0.05, 0) is 12.1 Å². The molecule has 0 spiro atoms. The third-order valence-corrected chi connectivity index (χ3v) is 3.94. The summed E-state index contributed by atoms with van der Waals surface area (Å²) in [5.41, 5.74) is 0.728. The predicted molar refractivity (Wildman–Crippen MR) is 97.8 cm³/mol. The molecular weight excluding hydrogens is 358 g/mol. The van der Waals surface area contributed by atoms with Gasteiger partial charge in [-0.1, -0.05) is 41.9 Å². The van der Waals surface area contributed by atoms with Crippen LogP contribution in [-0.2, 0) is 9.53 Å². The summed E-state index contributed by atoms with van der Waals surface area (Å²) >= 11 is 6.14. The molecule has 2 aromatic rings. The number of carbonyl (C=O) groups excluding carboxylic acids is 2. The molecule has 0 N–H and O–H groups in total. The van der Waals surface area contributed by atoms with Crippen LogP contribution in [0.1, 0.15) is 22.0 Å². The predicted octanol–water partition coefficient (Wildman–Crippen LogP) is 3.34. The van der Waals surface area contributed by atoms with Crippen molar-refractivity contribution in [3.05, 3.63) is 58.6 Å². The number of hydrogen-bond donors (Lipinski definition) is 0. The number of hydrogen-bond acceptors (Lipinski definition) is 5. The quantitative estimate of drug-likeness (QED) is 0.722. The maximum absolute atomic E-state index is 12.6. The second kappa shape index (κ2) is 8.58. The third kappa shape index (κ3) is 4.26. The molecule has 1 atom stereocenters. The van der Waals surface area contributed by atoms with Crippen LogP contribution in [-0.4, -0.2) is 45.1 Å². The first kappa shape index (κ1) is 19.6. The van der Waals surface area contributed by atoms with Crippen LogP contribution in [0.5, 0.6) is 11.5 Å². The van der Waals surface area contributed by atoms with E-state index < -0.39 is 12.1 Å². The lowest BCUT2D eigenvalue weighted by atomic mass is 10.1. The van der Waals surface area contributed by atoms with Gasteiger partial charge in [0.2, 0.25) is 6.10 Å². The number of nitrogens with zero attached hydrogens (tertiary/aromatic N) is 1. The summed E-state index contributed by atoms with van der Waals surface area (Å²) in [6.45, 7) is 0. The van der Waals surface area contributed by atoms with Gasteiger partial charge in [0.1, 0.15) is 0 Å². The summed E-state index contributed by atoms with van der Waals surface area (Å²) in [6, 6.07) is 11.7. The van der Waals surface area contributed by atoms with Crippen LogP contribution in [0.2, 0.25) is 5.02 Å². The van der Waals surface area contributed by atoms with Gasteiger partial charge in [-0.3, -0.25) is 4.79 Å². The van der Waals surface area contributed by atoms with Crippen molar-refractivity contribution in [2.24, 2.45) is 0 Å². The number of esters is 1. The second-order valence-electron chi connectivity index (χ2n) is 5.62. The van der Waals surface area contributed by atoms with Gasteiger partial charge >= 0.3 is 5.97 Å². The molecule has 7 heteroatoms. The molecule has 2 rings (SSSR count). The van der Waals surface area contributed by atoms with Crippen LogP contribution in [0.4, 0.5) is 0 Å². The molecule has 0 bridgehead atoms. The first-order valence-corrected chi connectivity index (χ1v) is 8.15. The number of methoxy groups -OCH3 is 2. The molecule has 2 aromatic carbocycles. The Balaban J connectivity index is 2.36. The van der Waals surface area contributed by atoms with Gasteiger partial charge < -0.3 is 19.1 Å². The van der Waals surface area contributed by atoms with Gasteiger partial charge in [-0.25, -0.2) is 4.79 Å². The highest BCUT2D eigenvalue weighted by molar-refractivity contribution is 6.32. The Labute approximate surface area is 157 Å². The monoisotopic (exact) mass is 377 g/mol. The highest BCUT2D eigenvalue weighted by Gasteiger charge is 2.27. The Hall–Kier alpha value is -2.73. The molecule has 1 unspecified atom stereocenters. The zero-order valence-corrected chi connectivity index (χ0v) is 15.7. The van der Waals surface area contributed by atoms with Crippen LogP contribution in [0.3, 0.4) is 0 Å². The highest BCUT2D eigenvalue weighted by Crippen LogP contribution is 2.36. The van der Waals surface area contributed by atoms with Gasteiger partial charge in [-0.2, -0.15) is 0 Å². The Morgan fingerprint density at radius 1 is 1.04 bits per heavy atom. The van der Waals surface area contributed by atoms with E-state index in [0.717, 1.165) is 0 Å². The third-order valence-electron chi connectivity index (χ3n) is 3.66. The fraction of sp³-hybridized carbons (Fsp3) is 0.263. The fourth-order valence-electron chi connectivity index (χ4n) is 2.33. The average molecular weight is 378 g/mol. The molecular formula is C19H20ClNO5. The van der Waals surface area contributed by atoms with E-state index in [4.69, 9.17) is 25.8 Å². The van der Waals surface area contributed by atoms with Crippen LogP contribution in [0.15, 0.2) is 42.5 Å². The van der Waals surface area contributed by atoms with Gasteiger partial charge in [-0.15, -0.1) is 0 Å². The molecule has 1 amide bonds. The zero-order chi connectivity index (χ0) is 19.3. The van der Waals surface area contributed by atoms with Crippen molar-refractivity contribution in [3.8, 4) is 11.5 Å². The molecule has 0 aromatic heterocycles. The van der Waals surface area contributed by atoms with E-state index in [1.54, 1.807) is 38.4 Å². The van der Waals surface area contributed by atoms with E-state index in [1.165, 1.54) is 31.3 Å². The normalized spacial score (nSPS) is 11.4. The highest BCUT2D eigenvalue weighted by atomic mass is 35.5. The first-order valence-electron chi connectivity index (χ1n) is 7.77. The summed E-state index contributed by atoms with van der Waals surface area (Å²) in [5, 5.41) is 0.203. The van der Waals surface area contributed by atoms with Crippen molar-refractivity contribution in [3.63, 3.8) is 0 Å². The molecule has 26 heavy (non-hydrogen) atoms.